The second kappa shape index (κ2) is 7.24. The van der Waals surface area contributed by atoms with E-state index in [4.69, 9.17) is 5.11 Å². The van der Waals surface area contributed by atoms with Crippen LogP contribution < -0.4 is 5.32 Å². The van der Waals surface area contributed by atoms with Crippen LogP contribution in [0.5, 0.6) is 0 Å². The molecule has 5 heteroatoms. The normalized spacial score (nSPS) is 11.2. The summed E-state index contributed by atoms with van der Waals surface area (Å²) in [5, 5.41) is 13.0. The molecule has 1 heterocycles. The van der Waals surface area contributed by atoms with E-state index < -0.39 is 0 Å². The quantitative estimate of drug-likeness (QED) is 0.791. The van der Waals surface area contributed by atoms with E-state index in [0.717, 1.165) is 6.42 Å². The van der Waals surface area contributed by atoms with Crippen molar-refractivity contribution < 1.29 is 9.90 Å². The highest BCUT2D eigenvalue weighted by Crippen LogP contribution is 2.20. The molecule has 114 valence electrons. The Labute approximate surface area is 125 Å². The average Bonchev–Trinajstić information content (AvgIpc) is 2.76. The zero-order valence-corrected chi connectivity index (χ0v) is 12.7. The SMILES string of the molecule is CN(CCO)CC(=O)NCCc1cn(C)c2ccccc12. The number of likely N-dealkylation sites (N-methyl/N-ethyl adjacent to an activating group) is 1. The van der Waals surface area contributed by atoms with E-state index >= 15 is 0 Å². The number of para-hydroxylation sites is 1. The molecule has 21 heavy (non-hydrogen) atoms. The van der Waals surface area contributed by atoms with Crippen molar-refractivity contribution in [3.05, 3.63) is 36.0 Å². The van der Waals surface area contributed by atoms with Crippen molar-refractivity contribution in [1.29, 1.82) is 0 Å². The van der Waals surface area contributed by atoms with E-state index in [9.17, 15) is 4.79 Å². The lowest BCUT2D eigenvalue weighted by molar-refractivity contribution is -0.121. The lowest BCUT2D eigenvalue weighted by Crippen LogP contribution is -2.37. The van der Waals surface area contributed by atoms with Crippen LogP contribution in [-0.4, -0.2) is 53.8 Å². The van der Waals surface area contributed by atoms with Crippen LogP contribution in [0.1, 0.15) is 5.56 Å². The van der Waals surface area contributed by atoms with Crippen molar-refractivity contribution in [3.8, 4) is 0 Å². The van der Waals surface area contributed by atoms with Gasteiger partial charge in [-0.3, -0.25) is 9.69 Å². The first-order chi connectivity index (χ1) is 10.1. The van der Waals surface area contributed by atoms with E-state index in [1.165, 1.54) is 16.5 Å². The minimum absolute atomic E-state index is 0.00816. The lowest BCUT2D eigenvalue weighted by Gasteiger charge is -2.14. The maximum absolute atomic E-state index is 11.7. The number of fused-ring (bicyclic) bond motifs is 1. The first-order valence-corrected chi connectivity index (χ1v) is 7.21. The Morgan fingerprint density at radius 1 is 1.38 bits per heavy atom. The second-order valence-corrected chi connectivity index (χ2v) is 5.34. The number of aliphatic hydroxyl groups is 1. The van der Waals surface area contributed by atoms with Crippen LogP contribution in [0, 0.1) is 0 Å². The predicted octanol–water partition coefficient (Wildman–Crippen LogP) is 0.761. The highest BCUT2D eigenvalue weighted by molar-refractivity contribution is 5.84. The molecular formula is C16H23N3O2. The molecule has 0 atom stereocenters. The number of amides is 1. The molecule has 0 bridgehead atoms. The molecule has 0 aliphatic carbocycles. The van der Waals surface area contributed by atoms with Gasteiger partial charge in [0.15, 0.2) is 0 Å². The van der Waals surface area contributed by atoms with E-state index in [1.807, 2.05) is 26.2 Å². The summed E-state index contributed by atoms with van der Waals surface area (Å²) in [7, 11) is 3.86. The summed E-state index contributed by atoms with van der Waals surface area (Å²) in [5.74, 6) is -0.00816. The molecule has 2 N–H and O–H groups in total. The van der Waals surface area contributed by atoms with Crippen LogP contribution in [0.4, 0.5) is 0 Å². The third-order valence-electron chi connectivity index (χ3n) is 3.59. The van der Waals surface area contributed by atoms with Gasteiger partial charge in [-0.15, -0.1) is 0 Å². The third-order valence-corrected chi connectivity index (χ3v) is 3.59. The van der Waals surface area contributed by atoms with E-state index in [-0.39, 0.29) is 12.5 Å². The molecule has 1 aromatic heterocycles. The minimum atomic E-state index is -0.00816. The standard InChI is InChI=1S/C16H23N3O2/c1-18(9-10-20)12-16(21)17-8-7-13-11-19(2)15-6-4-3-5-14(13)15/h3-6,11,20H,7-10,12H2,1-2H3,(H,17,21). The number of nitrogens with zero attached hydrogens (tertiary/aromatic N) is 2. The summed E-state index contributed by atoms with van der Waals surface area (Å²) in [4.78, 5) is 13.5. The van der Waals surface area contributed by atoms with Crippen molar-refractivity contribution in [2.75, 3.05) is 33.3 Å². The van der Waals surface area contributed by atoms with Crippen molar-refractivity contribution in [1.82, 2.24) is 14.8 Å². The smallest absolute Gasteiger partial charge is 0.234 e. The summed E-state index contributed by atoms with van der Waals surface area (Å²) in [6, 6.07) is 8.28. The first kappa shape index (κ1) is 15.5. The number of hydrogen-bond acceptors (Lipinski definition) is 3. The van der Waals surface area contributed by atoms with Gasteiger partial charge in [0.1, 0.15) is 0 Å². The van der Waals surface area contributed by atoms with Crippen molar-refractivity contribution in [3.63, 3.8) is 0 Å². The fourth-order valence-electron chi connectivity index (χ4n) is 2.51. The third kappa shape index (κ3) is 4.06. The summed E-state index contributed by atoms with van der Waals surface area (Å²) >= 11 is 0. The van der Waals surface area contributed by atoms with Gasteiger partial charge in [-0.1, -0.05) is 18.2 Å². The molecule has 5 nitrogen and oxygen atoms in total. The summed E-state index contributed by atoms with van der Waals surface area (Å²) < 4.78 is 2.11. The topological polar surface area (TPSA) is 57.5 Å². The summed E-state index contributed by atoms with van der Waals surface area (Å²) in [6.45, 7) is 1.52. The molecule has 0 spiro atoms. The van der Waals surface area contributed by atoms with E-state index in [0.29, 0.717) is 19.6 Å². The number of carbonyl (C=O) groups is 1. The molecule has 0 saturated carbocycles. The molecule has 0 aliphatic rings. The Hall–Kier alpha value is -1.85. The molecule has 2 aromatic rings. The minimum Gasteiger partial charge on any atom is -0.395 e. The van der Waals surface area contributed by atoms with Gasteiger partial charge < -0.3 is 15.0 Å². The number of nitrogens with one attached hydrogen (secondary N) is 1. The number of aromatic nitrogens is 1. The van der Waals surface area contributed by atoms with Gasteiger partial charge in [0.05, 0.1) is 13.2 Å². The molecule has 0 radical (unpaired) electrons. The molecule has 0 saturated heterocycles. The fraction of sp³-hybridized carbons (Fsp3) is 0.438. The van der Waals surface area contributed by atoms with Gasteiger partial charge >= 0.3 is 0 Å². The molecule has 1 amide bonds. The van der Waals surface area contributed by atoms with Gasteiger partial charge in [0.2, 0.25) is 5.91 Å². The molecule has 2 rings (SSSR count). The molecule has 0 fully saturated rings. The van der Waals surface area contributed by atoms with E-state index in [1.54, 1.807) is 4.90 Å². The van der Waals surface area contributed by atoms with Crippen molar-refractivity contribution in [2.45, 2.75) is 6.42 Å². The van der Waals surface area contributed by atoms with Crippen LogP contribution in [0.25, 0.3) is 10.9 Å². The number of aryl methyl sites for hydroxylation is 1. The Morgan fingerprint density at radius 3 is 2.90 bits per heavy atom. The van der Waals surface area contributed by atoms with Crippen molar-refractivity contribution in [2.24, 2.45) is 7.05 Å². The van der Waals surface area contributed by atoms with Crippen LogP contribution >= 0.6 is 0 Å². The summed E-state index contributed by atoms with van der Waals surface area (Å²) in [5.41, 5.74) is 2.46. The maximum atomic E-state index is 11.7. The molecule has 0 unspecified atom stereocenters. The van der Waals surface area contributed by atoms with Gasteiger partial charge in [-0.25, -0.2) is 0 Å². The van der Waals surface area contributed by atoms with Crippen LogP contribution in [0.2, 0.25) is 0 Å². The van der Waals surface area contributed by atoms with Gasteiger partial charge in [-0.05, 0) is 25.1 Å². The Kier molecular flexibility index (Phi) is 5.36. The predicted molar refractivity (Wildman–Crippen MR) is 84.2 cm³/mol. The van der Waals surface area contributed by atoms with Crippen LogP contribution in [0.3, 0.4) is 0 Å². The summed E-state index contributed by atoms with van der Waals surface area (Å²) in [6.07, 6.45) is 2.94. The number of rotatable bonds is 7. The number of benzene rings is 1. The number of aliphatic hydroxyl groups excluding tert-OH is 1. The highest BCUT2D eigenvalue weighted by Gasteiger charge is 2.08. The Balaban J connectivity index is 1.87. The molecule has 0 aliphatic heterocycles. The van der Waals surface area contributed by atoms with Crippen LogP contribution in [0.15, 0.2) is 30.5 Å². The number of hydrogen-bond donors (Lipinski definition) is 2. The average molecular weight is 289 g/mol. The Bertz CT molecular complexity index is 607. The zero-order chi connectivity index (χ0) is 15.2. The van der Waals surface area contributed by atoms with Gasteiger partial charge in [0.25, 0.3) is 0 Å². The monoisotopic (exact) mass is 289 g/mol. The van der Waals surface area contributed by atoms with E-state index in [2.05, 4.69) is 28.2 Å². The van der Waals surface area contributed by atoms with Crippen LogP contribution in [-0.2, 0) is 18.3 Å². The first-order valence-electron chi connectivity index (χ1n) is 7.21. The molecule has 1 aromatic carbocycles. The zero-order valence-electron chi connectivity index (χ0n) is 12.7. The van der Waals surface area contributed by atoms with Gasteiger partial charge in [-0.2, -0.15) is 0 Å². The van der Waals surface area contributed by atoms with Crippen molar-refractivity contribution >= 4 is 16.8 Å². The second-order valence-electron chi connectivity index (χ2n) is 5.34. The largest absolute Gasteiger partial charge is 0.395 e. The Morgan fingerprint density at radius 2 is 2.14 bits per heavy atom. The highest BCUT2D eigenvalue weighted by atomic mass is 16.3. The molecular weight excluding hydrogens is 266 g/mol. The number of carbonyl (C=O) groups excluding carboxylic acids is 1. The maximum Gasteiger partial charge on any atom is 0.234 e. The lowest BCUT2D eigenvalue weighted by atomic mass is 10.1. The van der Waals surface area contributed by atoms with Gasteiger partial charge in [0, 0.05) is 37.2 Å². The fourth-order valence-corrected chi connectivity index (χ4v) is 2.51.